The molecular formula is C37H34N2O6. The molecule has 8 rings (SSSR count). The van der Waals surface area contributed by atoms with Crippen LogP contribution in [0.1, 0.15) is 35.7 Å². The third-order valence-electron chi connectivity index (χ3n) is 10.3. The topological polar surface area (TPSA) is 85.4 Å². The van der Waals surface area contributed by atoms with Crippen LogP contribution in [-0.4, -0.2) is 67.1 Å². The lowest BCUT2D eigenvalue weighted by Gasteiger charge is -2.51. The summed E-state index contributed by atoms with van der Waals surface area (Å²) in [6.07, 6.45) is 0.781. The summed E-state index contributed by atoms with van der Waals surface area (Å²) < 4.78 is 17.7. The maximum Gasteiger partial charge on any atom is 0.312 e. The Balaban J connectivity index is 1.32. The fourth-order valence-electron chi connectivity index (χ4n) is 8.74. The molecular weight excluding hydrogens is 568 g/mol. The van der Waals surface area contributed by atoms with Gasteiger partial charge in [-0.15, -0.1) is 0 Å². The van der Waals surface area contributed by atoms with E-state index in [0.717, 1.165) is 29.2 Å². The van der Waals surface area contributed by atoms with Crippen molar-refractivity contribution in [2.24, 2.45) is 5.92 Å². The zero-order valence-corrected chi connectivity index (χ0v) is 25.2. The smallest absolute Gasteiger partial charge is 0.312 e. The number of esters is 1. The molecule has 1 spiro atoms. The van der Waals surface area contributed by atoms with Gasteiger partial charge in [0.25, 0.3) is 5.91 Å². The molecule has 1 aliphatic carbocycles. The van der Waals surface area contributed by atoms with Crippen LogP contribution < -0.4 is 14.4 Å². The average Bonchev–Trinajstić information content (AvgIpc) is 3.73. The lowest BCUT2D eigenvalue weighted by Crippen LogP contribution is -2.74. The van der Waals surface area contributed by atoms with Crippen molar-refractivity contribution < 1.29 is 28.6 Å². The molecule has 1 unspecified atom stereocenters. The summed E-state index contributed by atoms with van der Waals surface area (Å²) in [5.41, 5.74) is 1.08. The largest absolute Gasteiger partial charge is 0.497 e. The van der Waals surface area contributed by atoms with Gasteiger partial charge in [0.05, 0.1) is 31.1 Å². The summed E-state index contributed by atoms with van der Waals surface area (Å²) in [5, 5.41) is 1.90. The minimum atomic E-state index is -1.14. The second kappa shape index (κ2) is 10.4. The monoisotopic (exact) mass is 602 g/mol. The van der Waals surface area contributed by atoms with Gasteiger partial charge >= 0.3 is 5.97 Å². The fraction of sp³-hybridized carbons (Fsp3) is 0.324. The number of nitrogens with zero attached hydrogens (tertiary/aromatic N) is 2. The number of hydrogen-bond acceptors (Lipinski definition) is 7. The van der Waals surface area contributed by atoms with E-state index in [9.17, 15) is 14.4 Å². The Bertz CT molecular complexity index is 1820. The van der Waals surface area contributed by atoms with Crippen LogP contribution in [0.4, 0.5) is 5.69 Å². The Morgan fingerprint density at radius 3 is 2.38 bits per heavy atom. The number of hydrogen-bond donors (Lipinski definition) is 0. The van der Waals surface area contributed by atoms with E-state index >= 15 is 0 Å². The summed E-state index contributed by atoms with van der Waals surface area (Å²) in [6.45, 7) is 2.68. The van der Waals surface area contributed by atoms with E-state index < -0.39 is 35.5 Å². The Kier molecular flexibility index (Phi) is 6.46. The minimum Gasteiger partial charge on any atom is -0.497 e. The molecule has 0 N–H and O–H groups in total. The first kappa shape index (κ1) is 27.8. The van der Waals surface area contributed by atoms with Crippen LogP contribution >= 0.6 is 0 Å². The summed E-state index contributed by atoms with van der Waals surface area (Å²) in [6, 6.07) is 27.2. The average molecular weight is 603 g/mol. The first-order chi connectivity index (χ1) is 22.0. The van der Waals surface area contributed by atoms with Crippen LogP contribution in [0, 0.1) is 5.92 Å². The Morgan fingerprint density at radius 1 is 0.889 bits per heavy atom. The lowest BCUT2D eigenvalue weighted by molar-refractivity contribution is -0.153. The second-order valence-electron chi connectivity index (χ2n) is 12.3. The number of amides is 1. The van der Waals surface area contributed by atoms with Crippen LogP contribution in [0.15, 0.2) is 91.0 Å². The van der Waals surface area contributed by atoms with Gasteiger partial charge in [0.15, 0.2) is 11.9 Å². The number of ketones is 1. The van der Waals surface area contributed by atoms with E-state index in [0.29, 0.717) is 29.3 Å². The predicted octanol–water partition coefficient (Wildman–Crippen LogP) is 5.17. The highest BCUT2D eigenvalue weighted by Crippen LogP contribution is 2.60. The van der Waals surface area contributed by atoms with E-state index in [4.69, 9.17) is 14.2 Å². The molecule has 4 aromatic carbocycles. The molecule has 0 aromatic heterocycles. The normalized spacial score (nSPS) is 28.4. The van der Waals surface area contributed by atoms with Crippen LogP contribution in [0.5, 0.6) is 11.5 Å². The zero-order valence-electron chi connectivity index (χ0n) is 25.2. The Morgan fingerprint density at radius 2 is 1.64 bits per heavy atom. The Hall–Kier alpha value is -4.69. The fourth-order valence-corrected chi connectivity index (χ4v) is 8.74. The highest BCUT2D eigenvalue weighted by atomic mass is 16.5. The number of carbonyl (C=O) groups is 3. The van der Waals surface area contributed by atoms with Gasteiger partial charge < -0.3 is 19.1 Å². The molecule has 228 valence electrons. The molecule has 6 atom stereocenters. The first-order valence-electron chi connectivity index (χ1n) is 15.7. The molecule has 0 bridgehead atoms. The van der Waals surface area contributed by atoms with Crippen molar-refractivity contribution in [2.45, 2.75) is 49.4 Å². The number of methoxy groups -OCH3 is 1. The van der Waals surface area contributed by atoms with Crippen LogP contribution in [0.3, 0.4) is 0 Å². The van der Waals surface area contributed by atoms with Crippen molar-refractivity contribution in [2.75, 3.05) is 25.2 Å². The molecule has 1 amide bonds. The molecule has 8 nitrogen and oxygen atoms in total. The zero-order chi connectivity index (χ0) is 30.9. The molecule has 4 aromatic rings. The molecule has 0 radical (unpaired) electrons. The van der Waals surface area contributed by atoms with Gasteiger partial charge in [-0.2, -0.15) is 0 Å². The van der Waals surface area contributed by atoms with Crippen LogP contribution in [-0.2, 0) is 19.7 Å². The molecule has 3 heterocycles. The Labute approximate surface area is 261 Å². The number of ether oxygens (including phenoxy) is 3. The maximum absolute atomic E-state index is 14.9. The van der Waals surface area contributed by atoms with Gasteiger partial charge in [-0.25, -0.2) is 0 Å². The van der Waals surface area contributed by atoms with Crippen molar-refractivity contribution in [3.8, 4) is 11.5 Å². The summed E-state index contributed by atoms with van der Waals surface area (Å²) in [7, 11) is 1.60. The lowest BCUT2D eigenvalue weighted by atomic mass is 9.63. The number of Topliss-reactive ketones (excluding diaryl/α,β-unsaturated/α-hetero) is 1. The van der Waals surface area contributed by atoms with E-state index in [1.165, 1.54) is 0 Å². The quantitative estimate of drug-likeness (QED) is 0.213. The number of rotatable bonds is 7. The number of β-lactam (4-membered cyclic amide) rings is 1. The number of para-hydroxylation sites is 1. The van der Waals surface area contributed by atoms with Gasteiger partial charge in [-0.05, 0) is 79.0 Å². The van der Waals surface area contributed by atoms with E-state index in [-0.39, 0.29) is 24.3 Å². The van der Waals surface area contributed by atoms with Gasteiger partial charge in [-0.3, -0.25) is 19.3 Å². The van der Waals surface area contributed by atoms with Crippen molar-refractivity contribution in [1.82, 2.24) is 4.90 Å². The van der Waals surface area contributed by atoms with E-state index in [1.807, 2.05) is 91.0 Å². The van der Waals surface area contributed by atoms with Gasteiger partial charge in [0.2, 0.25) is 0 Å². The first-order valence-corrected chi connectivity index (χ1v) is 15.7. The van der Waals surface area contributed by atoms with Crippen molar-refractivity contribution >= 4 is 34.1 Å². The predicted molar refractivity (Wildman–Crippen MR) is 169 cm³/mol. The summed E-state index contributed by atoms with van der Waals surface area (Å²) >= 11 is 0. The van der Waals surface area contributed by atoms with E-state index in [2.05, 4.69) is 4.90 Å². The molecule has 3 aliphatic heterocycles. The second-order valence-corrected chi connectivity index (χ2v) is 12.3. The molecule has 0 saturated carbocycles. The van der Waals surface area contributed by atoms with Crippen molar-refractivity contribution in [3.05, 3.63) is 102 Å². The maximum atomic E-state index is 14.9. The van der Waals surface area contributed by atoms with E-state index in [1.54, 1.807) is 18.9 Å². The SMILES string of the molecule is CCOC(=O)[C@@H]1[C@@H]([C@H]2[C@@H](Oc3ccccc3)C(=O)N2c2ccc(OC)cc2)N2CCCC2[C@@]12C(=O)c1cccc3cccc2c13. The van der Waals surface area contributed by atoms with Crippen LogP contribution in [0.2, 0.25) is 0 Å². The molecule has 3 saturated heterocycles. The third-order valence-corrected chi connectivity index (χ3v) is 10.3. The molecule has 45 heavy (non-hydrogen) atoms. The summed E-state index contributed by atoms with van der Waals surface area (Å²) in [5.74, 6) is -0.253. The standard InChI is InChI=1S/C37H34N2O6/c1-3-44-36(42)30-31(32-33(45-25-12-5-4-6-13-25)35(41)39(32)23-17-19-24(43-2)20-18-23)38-21-9-16-28(38)37(30)27-15-8-11-22-10-7-14-26(29(22)27)34(37)40/h4-8,10-15,17-20,28,30-33H,3,9,16,21H2,1-2H3/t28?,30-,31-,32-,33+,37+/m0/s1. The number of anilines is 1. The third kappa shape index (κ3) is 3.78. The number of fused-ring (bicyclic) bond motifs is 3. The summed E-state index contributed by atoms with van der Waals surface area (Å²) in [4.78, 5) is 47.5. The number of benzene rings is 4. The highest BCUT2D eigenvalue weighted by molar-refractivity contribution is 6.22. The van der Waals surface area contributed by atoms with Gasteiger partial charge in [0.1, 0.15) is 11.5 Å². The highest BCUT2D eigenvalue weighted by Gasteiger charge is 2.74. The van der Waals surface area contributed by atoms with Gasteiger partial charge in [0, 0.05) is 23.3 Å². The molecule has 8 heteroatoms. The van der Waals surface area contributed by atoms with Crippen molar-refractivity contribution in [3.63, 3.8) is 0 Å². The minimum absolute atomic E-state index is 0.0334. The van der Waals surface area contributed by atoms with Gasteiger partial charge in [-0.1, -0.05) is 54.6 Å². The van der Waals surface area contributed by atoms with Crippen molar-refractivity contribution in [1.29, 1.82) is 0 Å². The number of carbonyl (C=O) groups excluding carboxylic acids is 3. The van der Waals surface area contributed by atoms with Crippen LogP contribution in [0.25, 0.3) is 10.8 Å². The molecule has 4 aliphatic rings. The molecule has 3 fully saturated rings.